The molecule has 0 saturated heterocycles. The number of carbonyl (C=O) groups excluding carboxylic acids is 1. The third-order valence-corrected chi connectivity index (χ3v) is 3.82. The van der Waals surface area contributed by atoms with Crippen molar-refractivity contribution in [1.82, 2.24) is 4.90 Å². The van der Waals surface area contributed by atoms with Gasteiger partial charge in [-0.2, -0.15) is 0 Å². The topological polar surface area (TPSA) is 89.5 Å². The molecular weight excluding hydrogens is 258 g/mol. The number of hydrogen-bond acceptors (Lipinski definition) is 4. The summed E-state index contributed by atoms with van der Waals surface area (Å²) in [6.45, 7) is 0.732. The van der Waals surface area contributed by atoms with Crippen LogP contribution in [0.1, 0.15) is 36.0 Å². The van der Waals surface area contributed by atoms with E-state index in [2.05, 4.69) is 0 Å². The summed E-state index contributed by atoms with van der Waals surface area (Å²) in [5.74, 6) is 0.429. The standard InChI is InChI=1S/C14H19N3O3/c1-16(9-10-4-2-3-5-10)14(18)11-6-7-13(17(19)20)12(15)8-11/h6-8,10H,2-5,9,15H2,1H3. The van der Waals surface area contributed by atoms with Crippen LogP contribution in [0.5, 0.6) is 0 Å². The first-order valence-corrected chi connectivity index (χ1v) is 6.78. The second-order valence-electron chi connectivity index (χ2n) is 5.37. The van der Waals surface area contributed by atoms with Gasteiger partial charge in [0.1, 0.15) is 5.69 Å². The van der Waals surface area contributed by atoms with Crippen molar-refractivity contribution in [3.63, 3.8) is 0 Å². The van der Waals surface area contributed by atoms with E-state index in [0.29, 0.717) is 11.5 Å². The van der Waals surface area contributed by atoms with Crippen molar-refractivity contribution in [3.05, 3.63) is 33.9 Å². The number of nitro benzene ring substituents is 1. The average molecular weight is 277 g/mol. The molecule has 0 unspecified atom stereocenters. The molecule has 1 amide bonds. The Hall–Kier alpha value is -2.11. The highest BCUT2D eigenvalue weighted by Crippen LogP contribution is 2.26. The third kappa shape index (κ3) is 3.07. The number of benzene rings is 1. The molecule has 1 fully saturated rings. The molecule has 0 atom stereocenters. The zero-order valence-electron chi connectivity index (χ0n) is 11.5. The molecule has 0 spiro atoms. The van der Waals surface area contributed by atoms with Gasteiger partial charge in [0.2, 0.25) is 0 Å². The first kappa shape index (κ1) is 14.3. The van der Waals surface area contributed by atoms with Gasteiger partial charge in [-0.1, -0.05) is 12.8 Å². The van der Waals surface area contributed by atoms with Crippen LogP contribution < -0.4 is 5.73 Å². The zero-order chi connectivity index (χ0) is 14.7. The van der Waals surface area contributed by atoms with Crippen LogP contribution in [0, 0.1) is 16.0 Å². The molecule has 2 N–H and O–H groups in total. The maximum Gasteiger partial charge on any atom is 0.292 e. The fraction of sp³-hybridized carbons (Fsp3) is 0.500. The number of amides is 1. The number of carbonyl (C=O) groups is 1. The van der Waals surface area contributed by atoms with Gasteiger partial charge in [0, 0.05) is 25.2 Å². The van der Waals surface area contributed by atoms with Crippen LogP contribution in [-0.4, -0.2) is 29.3 Å². The highest BCUT2D eigenvalue weighted by Gasteiger charge is 2.21. The van der Waals surface area contributed by atoms with Gasteiger partial charge in [-0.15, -0.1) is 0 Å². The normalized spacial score (nSPS) is 15.2. The largest absolute Gasteiger partial charge is 0.393 e. The molecule has 1 aromatic rings. The first-order valence-electron chi connectivity index (χ1n) is 6.78. The summed E-state index contributed by atoms with van der Waals surface area (Å²) in [7, 11) is 1.76. The van der Waals surface area contributed by atoms with E-state index in [1.165, 1.54) is 43.9 Å². The van der Waals surface area contributed by atoms with E-state index in [1.54, 1.807) is 11.9 Å². The van der Waals surface area contributed by atoms with Crippen molar-refractivity contribution in [1.29, 1.82) is 0 Å². The number of nitrogens with two attached hydrogens (primary N) is 1. The molecule has 1 aromatic carbocycles. The van der Waals surface area contributed by atoms with Crippen molar-refractivity contribution < 1.29 is 9.72 Å². The molecule has 2 rings (SSSR count). The van der Waals surface area contributed by atoms with Crippen molar-refractivity contribution in [2.75, 3.05) is 19.3 Å². The Morgan fingerprint density at radius 3 is 2.65 bits per heavy atom. The van der Waals surface area contributed by atoms with Gasteiger partial charge < -0.3 is 10.6 Å². The third-order valence-electron chi connectivity index (χ3n) is 3.82. The van der Waals surface area contributed by atoms with E-state index in [4.69, 9.17) is 5.73 Å². The molecule has 0 radical (unpaired) electrons. The Morgan fingerprint density at radius 2 is 2.10 bits per heavy atom. The van der Waals surface area contributed by atoms with Crippen LogP contribution in [-0.2, 0) is 0 Å². The van der Waals surface area contributed by atoms with Gasteiger partial charge in [0.15, 0.2) is 0 Å². The predicted molar refractivity (Wildman–Crippen MR) is 76.4 cm³/mol. The van der Waals surface area contributed by atoms with E-state index >= 15 is 0 Å². The molecule has 1 saturated carbocycles. The van der Waals surface area contributed by atoms with E-state index in [-0.39, 0.29) is 17.3 Å². The summed E-state index contributed by atoms with van der Waals surface area (Å²) in [4.78, 5) is 24.1. The van der Waals surface area contributed by atoms with Crippen LogP contribution in [0.4, 0.5) is 11.4 Å². The van der Waals surface area contributed by atoms with E-state index in [0.717, 1.165) is 6.54 Å². The van der Waals surface area contributed by atoms with Crippen LogP contribution in [0.15, 0.2) is 18.2 Å². The molecule has 0 aromatic heterocycles. The highest BCUT2D eigenvalue weighted by molar-refractivity contribution is 5.95. The predicted octanol–water partition coefficient (Wildman–Crippen LogP) is 2.44. The lowest BCUT2D eigenvalue weighted by molar-refractivity contribution is -0.383. The summed E-state index contributed by atoms with van der Waals surface area (Å²) in [5.41, 5.74) is 5.86. The highest BCUT2D eigenvalue weighted by atomic mass is 16.6. The van der Waals surface area contributed by atoms with Crippen molar-refractivity contribution >= 4 is 17.3 Å². The van der Waals surface area contributed by atoms with E-state index < -0.39 is 4.92 Å². The SMILES string of the molecule is CN(CC1CCCC1)C(=O)c1ccc([N+](=O)[O-])c(N)c1. The minimum Gasteiger partial charge on any atom is -0.393 e. The molecule has 20 heavy (non-hydrogen) atoms. The summed E-state index contributed by atoms with van der Waals surface area (Å²) >= 11 is 0. The molecular formula is C14H19N3O3. The lowest BCUT2D eigenvalue weighted by Crippen LogP contribution is -2.31. The van der Waals surface area contributed by atoms with Crippen molar-refractivity contribution in [3.8, 4) is 0 Å². The van der Waals surface area contributed by atoms with Gasteiger partial charge in [-0.3, -0.25) is 14.9 Å². The zero-order valence-corrected chi connectivity index (χ0v) is 11.5. The average Bonchev–Trinajstić information content (AvgIpc) is 2.90. The minimum absolute atomic E-state index is 0.0233. The fourth-order valence-electron chi connectivity index (χ4n) is 2.74. The quantitative estimate of drug-likeness (QED) is 0.520. The second-order valence-corrected chi connectivity index (χ2v) is 5.37. The Balaban J connectivity index is 2.08. The van der Waals surface area contributed by atoms with Gasteiger partial charge in [-0.05, 0) is 30.9 Å². The molecule has 0 heterocycles. The lowest BCUT2D eigenvalue weighted by Gasteiger charge is -2.21. The van der Waals surface area contributed by atoms with Gasteiger partial charge in [0.05, 0.1) is 4.92 Å². The first-order chi connectivity index (χ1) is 9.49. The molecule has 1 aliphatic carbocycles. The lowest BCUT2D eigenvalue weighted by atomic mass is 10.1. The molecule has 0 aliphatic heterocycles. The van der Waals surface area contributed by atoms with Gasteiger partial charge >= 0.3 is 0 Å². The van der Waals surface area contributed by atoms with Crippen molar-refractivity contribution in [2.45, 2.75) is 25.7 Å². The number of rotatable bonds is 4. The van der Waals surface area contributed by atoms with E-state index in [1.807, 2.05) is 0 Å². The summed E-state index contributed by atoms with van der Waals surface area (Å²) in [6.07, 6.45) is 4.80. The van der Waals surface area contributed by atoms with Gasteiger partial charge in [0.25, 0.3) is 11.6 Å². The molecule has 108 valence electrons. The Morgan fingerprint density at radius 1 is 1.45 bits per heavy atom. The Kier molecular flexibility index (Phi) is 4.22. The van der Waals surface area contributed by atoms with Gasteiger partial charge in [-0.25, -0.2) is 0 Å². The molecule has 1 aliphatic rings. The summed E-state index contributed by atoms with van der Waals surface area (Å²) < 4.78 is 0. The number of anilines is 1. The van der Waals surface area contributed by atoms with Crippen molar-refractivity contribution in [2.24, 2.45) is 5.92 Å². The van der Waals surface area contributed by atoms with E-state index in [9.17, 15) is 14.9 Å². The smallest absolute Gasteiger partial charge is 0.292 e. The Labute approximate surface area is 117 Å². The van der Waals surface area contributed by atoms with Crippen LogP contribution in [0.2, 0.25) is 0 Å². The Bertz CT molecular complexity index is 524. The summed E-state index contributed by atoms with van der Waals surface area (Å²) in [5, 5.41) is 10.7. The fourth-order valence-corrected chi connectivity index (χ4v) is 2.74. The van der Waals surface area contributed by atoms with Crippen LogP contribution >= 0.6 is 0 Å². The number of nitro groups is 1. The second kappa shape index (κ2) is 5.90. The number of nitrogen functional groups attached to an aromatic ring is 1. The molecule has 6 heteroatoms. The minimum atomic E-state index is -0.550. The van der Waals surface area contributed by atoms with Crippen LogP contribution in [0.25, 0.3) is 0 Å². The number of nitrogens with zero attached hydrogens (tertiary/aromatic N) is 2. The monoisotopic (exact) mass is 277 g/mol. The molecule has 6 nitrogen and oxygen atoms in total. The number of hydrogen-bond donors (Lipinski definition) is 1. The molecule has 0 bridgehead atoms. The van der Waals surface area contributed by atoms with Crippen LogP contribution in [0.3, 0.4) is 0 Å². The summed E-state index contributed by atoms with van der Waals surface area (Å²) in [6, 6.07) is 4.12. The maximum atomic E-state index is 12.3. The maximum absolute atomic E-state index is 12.3.